The Balaban J connectivity index is 1.42. The fourth-order valence-corrected chi connectivity index (χ4v) is 4.75. The van der Waals surface area contributed by atoms with E-state index in [2.05, 4.69) is 0 Å². The summed E-state index contributed by atoms with van der Waals surface area (Å²) in [6, 6.07) is 10.7. The molecular weight excluding hydrogens is 426 g/mol. The van der Waals surface area contributed by atoms with E-state index in [1.54, 1.807) is 24.3 Å². The molecule has 0 spiro atoms. The van der Waals surface area contributed by atoms with Crippen LogP contribution in [0.5, 0.6) is 5.75 Å². The van der Waals surface area contributed by atoms with E-state index in [1.165, 1.54) is 11.8 Å². The summed E-state index contributed by atoms with van der Waals surface area (Å²) in [5, 5.41) is 0.533. The number of carbonyl (C=O) groups excluding carboxylic acids is 2. The first kappa shape index (κ1) is 21.0. The number of thioether (sulfide) groups is 1. The van der Waals surface area contributed by atoms with Gasteiger partial charge in [0.25, 0.3) is 0 Å². The summed E-state index contributed by atoms with van der Waals surface area (Å²) in [5.74, 6) is 0.607. The van der Waals surface area contributed by atoms with Gasteiger partial charge in [-0.05, 0) is 37.1 Å². The van der Waals surface area contributed by atoms with Crippen molar-refractivity contribution >= 4 is 35.2 Å². The summed E-state index contributed by atoms with van der Waals surface area (Å²) in [6.07, 6.45) is 2.12. The van der Waals surface area contributed by atoms with E-state index in [9.17, 15) is 9.59 Å². The maximum atomic E-state index is 12.8. The zero-order chi connectivity index (χ0) is 20.9. The minimum absolute atomic E-state index is 0.0352. The molecular formula is C22H22ClNO5S. The topological polar surface area (TPSA) is 65.1 Å². The molecule has 0 aromatic heterocycles. The summed E-state index contributed by atoms with van der Waals surface area (Å²) >= 11 is 7.54. The second kappa shape index (κ2) is 9.73. The van der Waals surface area contributed by atoms with E-state index in [0.29, 0.717) is 34.3 Å². The van der Waals surface area contributed by atoms with Crippen LogP contribution in [0.1, 0.15) is 34.3 Å². The Bertz CT molecular complexity index is 945. The number of carbonyl (C=O) groups is 2. The molecule has 0 bridgehead atoms. The maximum absolute atomic E-state index is 12.8. The molecule has 0 unspecified atom stereocenters. The normalized spacial score (nSPS) is 15.4. The van der Waals surface area contributed by atoms with Gasteiger partial charge in [-0.2, -0.15) is 0 Å². The number of likely N-dealkylation sites (tertiary alicyclic amines) is 1. The van der Waals surface area contributed by atoms with E-state index < -0.39 is 5.97 Å². The standard InChI is InChI=1S/C22H22ClNO5S/c23-17-9-15-11-27-14-29-21(15)16(10-17)12-28-22(26)18-5-1-2-6-19(18)30-13-20(25)24-7-3-4-8-24/h1-2,5-6,9-10H,3-4,7-8,11-14H2. The van der Waals surface area contributed by atoms with Crippen LogP contribution in [0.4, 0.5) is 0 Å². The Hall–Kier alpha value is -2.22. The number of esters is 1. The molecule has 0 aliphatic carbocycles. The number of hydrogen-bond acceptors (Lipinski definition) is 6. The third kappa shape index (κ3) is 4.91. The minimum Gasteiger partial charge on any atom is -0.467 e. The average molecular weight is 448 g/mol. The van der Waals surface area contributed by atoms with Crippen molar-refractivity contribution in [2.45, 2.75) is 31.0 Å². The first-order chi connectivity index (χ1) is 14.6. The van der Waals surface area contributed by atoms with Crippen molar-refractivity contribution in [3.05, 3.63) is 58.1 Å². The van der Waals surface area contributed by atoms with Gasteiger partial charge < -0.3 is 19.1 Å². The Kier molecular flexibility index (Phi) is 6.82. The molecule has 2 aromatic carbocycles. The highest BCUT2D eigenvalue weighted by Gasteiger charge is 2.21. The lowest BCUT2D eigenvalue weighted by Crippen LogP contribution is -2.29. The number of halogens is 1. The SMILES string of the molecule is O=C(OCc1cc(Cl)cc2c1OCOC2)c1ccccc1SCC(=O)N1CCCC1. The number of hydrogen-bond donors (Lipinski definition) is 0. The van der Waals surface area contributed by atoms with E-state index in [1.807, 2.05) is 17.0 Å². The fraction of sp³-hybridized carbons (Fsp3) is 0.364. The van der Waals surface area contributed by atoms with Crippen molar-refractivity contribution < 1.29 is 23.8 Å². The Morgan fingerprint density at radius 1 is 1.17 bits per heavy atom. The van der Waals surface area contributed by atoms with Crippen LogP contribution in [0.3, 0.4) is 0 Å². The Labute approximate surface area is 184 Å². The second-order valence-corrected chi connectivity index (χ2v) is 8.57. The van der Waals surface area contributed by atoms with Crippen LogP contribution in [-0.2, 0) is 27.5 Å². The molecule has 0 saturated carbocycles. The highest BCUT2D eigenvalue weighted by molar-refractivity contribution is 8.00. The summed E-state index contributed by atoms with van der Waals surface area (Å²) < 4.78 is 16.4. The van der Waals surface area contributed by atoms with Gasteiger partial charge in [-0.15, -0.1) is 11.8 Å². The molecule has 0 N–H and O–H groups in total. The predicted molar refractivity (Wildman–Crippen MR) is 114 cm³/mol. The smallest absolute Gasteiger partial charge is 0.339 e. The van der Waals surface area contributed by atoms with Gasteiger partial charge in [-0.1, -0.05) is 23.7 Å². The minimum atomic E-state index is -0.451. The summed E-state index contributed by atoms with van der Waals surface area (Å²) in [4.78, 5) is 27.7. The molecule has 8 heteroatoms. The lowest BCUT2D eigenvalue weighted by Gasteiger charge is -2.21. The quantitative estimate of drug-likeness (QED) is 0.486. The molecule has 1 fully saturated rings. The Morgan fingerprint density at radius 3 is 2.80 bits per heavy atom. The Morgan fingerprint density at radius 2 is 1.97 bits per heavy atom. The van der Waals surface area contributed by atoms with Gasteiger partial charge in [-0.25, -0.2) is 4.79 Å². The summed E-state index contributed by atoms with van der Waals surface area (Å²) in [6.45, 7) is 2.23. The molecule has 2 aliphatic rings. The maximum Gasteiger partial charge on any atom is 0.339 e. The number of rotatable bonds is 6. The van der Waals surface area contributed by atoms with Crippen molar-refractivity contribution in [3.63, 3.8) is 0 Å². The predicted octanol–water partition coefficient (Wildman–Crippen LogP) is 4.28. The van der Waals surface area contributed by atoms with Crippen LogP contribution in [0.15, 0.2) is 41.3 Å². The third-order valence-electron chi connectivity index (χ3n) is 5.03. The zero-order valence-electron chi connectivity index (χ0n) is 16.4. The lowest BCUT2D eigenvalue weighted by molar-refractivity contribution is -0.127. The van der Waals surface area contributed by atoms with Crippen molar-refractivity contribution in [2.75, 3.05) is 25.6 Å². The molecule has 0 atom stereocenters. The average Bonchev–Trinajstić information content (AvgIpc) is 3.31. The van der Waals surface area contributed by atoms with Crippen LogP contribution in [-0.4, -0.2) is 42.4 Å². The molecule has 0 radical (unpaired) electrons. The third-order valence-corrected chi connectivity index (χ3v) is 6.30. The van der Waals surface area contributed by atoms with E-state index in [-0.39, 0.29) is 19.3 Å². The fourth-order valence-electron chi connectivity index (χ4n) is 3.54. The molecule has 1 saturated heterocycles. The molecule has 30 heavy (non-hydrogen) atoms. The van der Waals surface area contributed by atoms with Gasteiger partial charge in [0.2, 0.25) is 5.91 Å². The zero-order valence-corrected chi connectivity index (χ0v) is 18.0. The van der Waals surface area contributed by atoms with Crippen molar-refractivity contribution in [1.29, 1.82) is 0 Å². The van der Waals surface area contributed by atoms with Gasteiger partial charge in [-0.3, -0.25) is 4.79 Å². The number of ether oxygens (including phenoxy) is 3. The van der Waals surface area contributed by atoms with Crippen molar-refractivity contribution in [3.8, 4) is 5.75 Å². The van der Waals surface area contributed by atoms with Crippen molar-refractivity contribution in [2.24, 2.45) is 0 Å². The van der Waals surface area contributed by atoms with E-state index in [0.717, 1.165) is 36.4 Å². The van der Waals surface area contributed by atoms with Gasteiger partial charge in [0, 0.05) is 34.1 Å². The largest absolute Gasteiger partial charge is 0.467 e. The highest BCUT2D eigenvalue weighted by atomic mass is 35.5. The summed E-state index contributed by atoms with van der Waals surface area (Å²) in [7, 11) is 0. The first-order valence-corrected chi connectivity index (χ1v) is 11.2. The van der Waals surface area contributed by atoms with Gasteiger partial charge >= 0.3 is 5.97 Å². The molecule has 6 nitrogen and oxygen atoms in total. The van der Waals surface area contributed by atoms with E-state index in [4.69, 9.17) is 25.8 Å². The second-order valence-electron chi connectivity index (χ2n) is 7.11. The van der Waals surface area contributed by atoms with Gasteiger partial charge in [0.1, 0.15) is 12.4 Å². The molecule has 4 rings (SSSR count). The number of nitrogens with zero attached hydrogens (tertiary/aromatic N) is 1. The molecule has 2 heterocycles. The van der Waals surface area contributed by atoms with Crippen LogP contribution in [0, 0.1) is 0 Å². The lowest BCUT2D eigenvalue weighted by atomic mass is 10.1. The number of benzene rings is 2. The van der Waals surface area contributed by atoms with Gasteiger partial charge in [0.05, 0.1) is 17.9 Å². The van der Waals surface area contributed by atoms with Crippen LogP contribution in [0.2, 0.25) is 5.02 Å². The first-order valence-electron chi connectivity index (χ1n) is 9.80. The van der Waals surface area contributed by atoms with Gasteiger partial charge in [0.15, 0.2) is 6.79 Å². The highest BCUT2D eigenvalue weighted by Crippen LogP contribution is 2.32. The van der Waals surface area contributed by atoms with Crippen LogP contribution >= 0.6 is 23.4 Å². The van der Waals surface area contributed by atoms with Crippen LogP contribution in [0.25, 0.3) is 0 Å². The van der Waals surface area contributed by atoms with Crippen molar-refractivity contribution in [1.82, 2.24) is 4.90 Å². The summed E-state index contributed by atoms with van der Waals surface area (Å²) in [5.41, 5.74) is 1.97. The van der Waals surface area contributed by atoms with Crippen LogP contribution < -0.4 is 4.74 Å². The molecule has 2 aromatic rings. The number of amides is 1. The molecule has 1 amide bonds. The molecule has 2 aliphatic heterocycles. The monoisotopic (exact) mass is 447 g/mol. The molecule has 158 valence electrons. The van der Waals surface area contributed by atoms with E-state index >= 15 is 0 Å². The number of fused-ring (bicyclic) bond motifs is 1.